The summed E-state index contributed by atoms with van der Waals surface area (Å²) in [6, 6.07) is 6.10. The molecule has 2 aliphatic heterocycles. The number of nitrogens with zero attached hydrogens (tertiary/aromatic N) is 4. The van der Waals surface area contributed by atoms with E-state index in [1.807, 2.05) is 18.2 Å². The van der Waals surface area contributed by atoms with Crippen molar-refractivity contribution in [3.8, 4) is 5.75 Å². The number of amides is 2. The smallest absolute Gasteiger partial charge is 0.352 e. The Morgan fingerprint density at radius 2 is 2.16 bits per heavy atom. The summed E-state index contributed by atoms with van der Waals surface area (Å²) in [5.74, 6) is -2.25. The number of aliphatic carboxylic acids is 1. The topological polar surface area (TPSA) is 184 Å². The van der Waals surface area contributed by atoms with Gasteiger partial charge in [-0.2, -0.15) is 9.55 Å². The van der Waals surface area contributed by atoms with Crippen LogP contribution in [-0.4, -0.2) is 67.9 Å². The van der Waals surface area contributed by atoms with Gasteiger partial charge < -0.3 is 30.5 Å². The summed E-state index contributed by atoms with van der Waals surface area (Å²) >= 11 is 1.32. The highest BCUT2D eigenvalue weighted by Crippen LogP contribution is 2.40. The van der Waals surface area contributed by atoms with E-state index < -0.39 is 29.2 Å². The zero-order valence-corrected chi connectivity index (χ0v) is 20.1. The highest BCUT2D eigenvalue weighted by atomic mass is 32.2. The Kier molecular flexibility index (Phi) is 6.17. The van der Waals surface area contributed by atoms with Crippen LogP contribution in [0.3, 0.4) is 0 Å². The summed E-state index contributed by atoms with van der Waals surface area (Å²) < 4.78 is 6.59. The third-order valence-electron chi connectivity index (χ3n) is 5.90. The van der Waals surface area contributed by atoms with Crippen LogP contribution in [0.2, 0.25) is 0 Å². The third-order valence-corrected chi connectivity index (χ3v) is 7.24. The molecule has 13 nitrogen and oxygen atoms in total. The molecule has 2 amide bonds. The maximum absolute atomic E-state index is 13.0. The number of thioether (sulfide) groups is 1. The van der Waals surface area contributed by atoms with Crippen molar-refractivity contribution in [1.29, 1.82) is 0 Å². The van der Waals surface area contributed by atoms with E-state index in [1.165, 1.54) is 30.0 Å². The first kappa shape index (κ1) is 24.1. The van der Waals surface area contributed by atoms with E-state index in [2.05, 4.69) is 15.5 Å². The van der Waals surface area contributed by atoms with Gasteiger partial charge in [-0.15, -0.1) is 11.8 Å². The Bertz CT molecular complexity index is 1500. The van der Waals surface area contributed by atoms with Gasteiger partial charge in [0.1, 0.15) is 36.2 Å². The van der Waals surface area contributed by atoms with Crippen LogP contribution >= 0.6 is 11.8 Å². The van der Waals surface area contributed by atoms with Crippen molar-refractivity contribution >= 4 is 52.0 Å². The number of carboxylic acid groups (broad SMARTS) is 1. The van der Waals surface area contributed by atoms with Gasteiger partial charge in [0.05, 0.1) is 0 Å². The highest BCUT2D eigenvalue weighted by Gasteiger charge is 2.54. The number of rotatable bonds is 7. The zero-order valence-electron chi connectivity index (χ0n) is 19.3. The second kappa shape index (κ2) is 9.46. The van der Waals surface area contributed by atoms with Gasteiger partial charge in [0, 0.05) is 22.1 Å². The number of nitrogens with two attached hydrogens (primary N) is 1. The number of anilines is 1. The lowest BCUT2D eigenvalue weighted by molar-refractivity contribution is -0.688. The fourth-order valence-corrected chi connectivity index (χ4v) is 5.64. The summed E-state index contributed by atoms with van der Waals surface area (Å²) in [4.78, 5) is 47.8. The molecule has 1 unspecified atom stereocenters. The fourth-order valence-electron chi connectivity index (χ4n) is 4.30. The number of oxime groups is 1. The molecule has 37 heavy (non-hydrogen) atoms. The van der Waals surface area contributed by atoms with Gasteiger partial charge in [-0.05, 0) is 6.07 Å². The first-order valence-electron chi connectivity index (χ1n) is 10.9. The van der Waals surface area contributed by atoms with Crippen molar-refractivity contribution in [2.75, 3.05) is 18.6 Å². The largest absolute Gasteiger partial charge is 0.502 e. The Morgan fingerprint density at radius 3 is 2.86 bits per heavy atom. The molecular weight excluding hydrogens is 504 g/mol. The van der Waals surface area contributed by atoms with Gasteiger partial charge >= 0.3 is 5.97 Å². The number of carboxylic acids is 1. The lowest BCUT2D eigenvalue weighted by Crippen LogP contribution is -2.71. The molecule has 0 aliphatic carbocycles. The van der Waals surface area contributed by atoms with Crippen LogP contribution in [0.1, 0.15) is 5.69 Å². The molecule has 2 aliphatic rings. The van der Waals surface area contributed by atoms with Gasteiger partial charge in [0.25, 0.3) is 17.8 Å². The van der Waals surface area contributed by atoms with Gasteiger partial charge in [0.2, 0.25) is 6.20 Å². The third kappa shape index (κ3) is 4.31. The summed E-state index contributed by atoms with van der Waals surface area (Å²) in [7, 11) is 1.24. The van der Waals surface area contributed by atoms with Crippen molar-refractivity contribution in [2.24, 2.45) is 5.16 Å². The molecule has 4 heterocycles. The fraction of sp³-hybridized carbons (Fsp3) is 0.217. The molecule has 3 aromatic rings. The van der Waals surface area contributed by atoms with E-state index >= 15 is 0 Å². The minimum absolute atomic E-state index is 0.0147. The standard InChI is InChI=1S/C23H20N6O7S/c1-35-27-16(14-9-36-23(24)25-14)19(31)26-17-20(32)29-18(22(33)34)12(10-37-21(17)29)7-28-6-11-4-2-3-5-13(11)15(30)8-28/h2-6,8-9,17,21H,7,10H2,1H3,(H4-,24,25,26,30,31,33,34)/p+1/t17?,21-/m0/s1. The molecule has 0 bridgehead atoms. The van der Waals surface area contributed by atoms with Crippen LogP contribution in [0.25, 0.3) is 10.8 Å². The average molecular weight is 526 g/mol. The number of carbonyl (C=O) groups excluding carboxylic acids is 2. The number of β-lactam (4-membered cyclic amide) rings is 1. The van der Waals surface area contributed by atoms with Crippen LogP contribution in [-0.2, 0) is 25.8 Å². The van der Waals surface area contributed by atoms with Crippen LogP contribution in [0.5, 0.6) is 5.75 Å². The Hall–Kier alpha value is -4.59. The second-order valence-corrected chi connectivity index (χ2v) is 9.32. The van der Waals surface area contributed by atoms with Crippen molar-refractivity contribution in [2.45, 2.75) is 18.0 Å². The summed E-state index contributed by atoms with van der Waals surface area (Å²) in [6.45, 7) is 0.152. The van der Waals surface area contributed by atoms with Gasteiger partial charge in [0.15, 0.2) is 24.2 Å². The summed E-state index contributed by atoms with van der Waals surface area (Å²) in [5.41, 5.74) is 5.57. The summed E-state index contributed by atoms with van der Waals surface area (Å²) in [5, 5.41) is 27.4. The van der Waals surface area contributed by atoms with Gasteiger partial charge in [-0.3, -0.25) is 14.5 Å². The van der Waals surface area contributed by atoms with E-state index in [1.54, 1.807) is 16.8 Å². The van der Waals surface area contributed by atoms with Gasteiger partial charge in [-0.1, -0.05) is 23.4 Å². The predicted molar refractivity (Wildman–Crippen MR) is 130 cm³/mol. The van der Waals surface area contributed by atoms with Crippen molar-refractivity contribution in [1.82, 2.24) is 15.2 Å². The van der Waals surface area contributed by atoms with E-state index in [0.717, 1.165) is 11.6 Å². The maximum atomic E-state index is 13.0. The lowest BCUT2D eigenvalue weighted by Gasteiger charge is -2.49. The Morgan fingerprint density at radius 1 is 1.38 bits per heavy atom. The average Bonchev–Trinajstić information content (AvgIpc) is 3.31. The molecule has 0 radical (unpaired) electrons. The van der Waals surface area contributed by atoms with Crippen LogP contribution in [0.4, 0.5) is 6.01 Å². The first-order valence-corrected chi connectivity index (χ1v) is 12.0. The molecule has 190 valence electrons. The molecule has 0 spiro atoms. The number of pyridine rings is 1. The lowest BCUT2D eigenvalue weighted by atomic mass is 10.0. The number of aromatic nitrogens is 2. The number of aromatic hydroxyl groups is 1. The maximum Gasteiger partial charge on any atom is 0.352 e. The monoisotopic (exact) mass is 525 g/mol. The molecule has 1 fully saturated rings. The first-order chi connectivity index (χ1) is 17.8. The number of hydrogen-bond donors (Lipinski definition) is 4. The molecular formula is C23H21N6O7S+. The minimum atomic E-state index is -1.26. The Labute approximate surface area is 213 Å². The number of fused-ring (bicyclic) bond motifs is 2. The van der Waals surface area contributed by atoms with Crippen molar-refractivity contribution in [3.05, 3.63) is 59.9 Å². The number of nitrogens with one attached hydrogen (secondary N) is 1. The molecule has 1 aromatic carbocycles. The number of oxazole rings is 1. The van der Waals surface area contributed by atoms with Crippen LogP contribution in [0, 0.1) is 0 Å². The van der Waals surface area contributed by atoms with E-state index in [4.69, 9.17) is 15.0 Å². The number of nitrogen functional groups attached to an aromatic ring is 1. The highest BCUT2D eigenvalue weighted by molar-refractivity contribution is 8.00. The van der Waals surface area contributed by atoms with Crippen molar-refractivity contribution < 1.29 is 38.4 Å². The Balaban J connectivity index is 1.38. The van der Waals surface area contributed by atoms with Crippen LogP contribution in [0.15, 0.2) is 63.8 Å². The molecule has 5 N–H and O–H groups in total. The van der Waals surface area contributed by atoms with Gasteiger partial charge in [-0.25, -0.2) is 4.79 Å². The number of carbonyl (C=O) groups is 3. The molecule has 0 saturated carbocycles. The van der Waals surface area contributed by atoms with E-state index in [9.17, 15) is 24.6 Å². The SMILES string of the molecule is CON=C(C(=O)NC1C(=O)N2C(C(=O)O)=C(C[n+]3cc(O)c4ccccc4c3)CS[C@@H]12)c1coc(N)n1. The quantitative estimate of drug-likeness (QED) is 0.144. The zero-order chi connectivity index (χ0) is 26.3. The molecule has 5 rings (SSSR count). The molecule has 2 atom stereocenters. The van der Waals surface area contributed by atoms with Crippen LogP contribution < -0.4 is 15.6 Å². The minimum Gasteiger partial charge on any atom is -0.502 e. The number of benzene rings is 1. The number of hydrogen-bond acceptors (Lipinski definition) is 10. The molecule has 2 aromatic heterocycles. The summed E-state index contributed by atoms with van der Waals surface area (Å²) in [6.07, 6.45) is 4.43. The molecule has 14 heteroatoms. The molecule has 1 saturated heterocycles. The van der Waals surface area contributed by atoms with E-state index in [0.29, 0.717) is 16.7 Å². The van der Waals surface area contributed by atoms with Crippen molar-refractivity contribution in [3.63, 3.8) is 0 Å². The van der Waals surface area contributed by atoms with E-state index in [-0.39, 0.29) is 35.4 Å². The normalized spacial score (nSPS) is 19.4. The second-order valence-electron chi connectivity index (χ2n) is 8.21. The predicted octanol–water partition coefficient (Wildman–Crippen LogP) is 0.192.